The zero-order valence-electron chi connectivity index (χ0n) is 15.9. The van der Waals surface area contributed by atoms with Gasteiger partial charge in [0.15, 0.2) is 0 Å². The smallest absolute Gasteiger partial charge is 0.291 e. The summed E-state index contributed by atoms with van der Waals surface area (Å²) in [7, 11) is 1.63. The van der Waals surface area contributed by atoms with E-state index in [-0.39, 0.29) is 11.5 Å². The van der Waals surface area contributed by atoms with E-state index < -0.39 is 6.04 Å². The molecular weight excluding hydrogens is 352 g/mol. The SMILES string of the molecule is CC[C@H](C(=O)NCc1ccccc1)n1c2ccccc2c2cnn(C)c(=O)c21. The Balaban J connectivity index is 1.82. The number of rotatable bonds is 5. The van der Waals surface area contributed by atoms with Crippen LogP contribution >= 0.6 is 0 Å². The van der Waals surface area contributed by atoms with Crippen LogP contribution < -0.4 is 10.9 Å². The van der Waals surface area contributed by atoms with Crippen LogP contribution in [0.1, 0.15) is 24.9 Å². The third-order valence-corrected chi connectivity index (χ3v) is 5.12. The maximum Gasteiger partial charge on any atom is 0.291 e. The van der Waals surface area contributed by atoms with Crippen molar-refractivity contribution in [3.8, 4) is 0 Å². The minimum atomic E-state index is -0.485. The highest BCUT2D eigenvalue weighted by Gasteiger charge is 2.25. The van der Waals surface area contributed by atoms with Crippen LogP contribution in [0.2, 0.25) is 0 Å². The zero-order valence-corrected chi connectivity index (χ0v) is 15.9. The Morgan fingerprint density at radius 3 is 2.54 bits per heavy atom. The van der Waals surface area contributed by atoms with Crippen molar-refractivity contribution in [3.63, 3.8) is 0 Å². The lowest BCUT2D eigenvalue weighted by Crippen LogP contribution is -2.33. The van der Waals surface area contributed by atoms with E-state index in [0.717, 1.165) is 21.9 Å². The molecule has 6 heteroatoms. The molecule has 6 nitrogen and oxygen atoms in total. The Morgan fingerprint density at radius 1 is 1.07 bits per heavy atom. The molecule has 2 aromatic heterocycles. The summed E-state index contributed by atoms with van der Waals surface area (Å²) in [6.07, 6.45) is 2.27. The van der Waals surface area contributed by atoms with Gasteiger partial charge in [-0.3, -0.25) is 9.59 Å². The molecule has 0 fully saturated rings. The summed E-state index contributed by atoms with van der Waals surface area (Å²) in [5.74, 6) is -0.104. The van der Waals surface area contributed by atoms with E-state index >= 15 is 0 Å². The first-order valence-corrected chi connectivity index (χ1v) is 9.38. The monoisotopic (exact) mass is 374 g/mol. The lowest BCUT2D eigenvalue weighted by atomic mass is 10.1. The first kappa shape index (κ1) is 18.0. The molecule has 142 valence electrons. The highest BCUT2D eigenvalue weighted by molar-refractivity contribution is 6.08. The van der Waals surface area contributed by atoms with Crippen LogP contribution in [0.15, 0.2) is 65.6 Å². The van der Waals surface area contributed by atoms with Crippen LogP contribution in [0, 0.1) is 0 Å². The Kier molecular flexibility index (Phi) is 4.69. The van der Waals surface area contributed by atoms with E-state index in [0.29, 0.717) is 18.5 Å². The number of para-hydroxylation sites is 1. The van der Waals surface area contributed by atoms with Crippen LogP contribution in [0.5, 0.6) is 0 Å². The van der Waals surface area contributed by atoms with Gasteiger partial charge in [-0.05, 0) is 18.1 Å². The van der Waals surface area contributed by atoms with Crippen molar-refractivity contribution < 1.29 is 4.79 Å². The summed E-state index contributed by atoms with van der Waals surface area (Å²) in [4.78, 5) is 26.0. The molecule has 4 aromatic rings. The third-order valence-electron chi connectivity index (χ3n) is 5.12. The van der Waals surface area contributed by atoms with Crippen molar-refractivity contribution in [2.45, 2.75) is 25.9 Å². The van der Waals surface area contributed by atoms with Gasteiger partial charge in [0.1, 0.15) is 11.6 Å². The Morgan fingerprint density at radius 2 is 1.79 bits per heavy atom. The number of nitrogens with zero attached hydrogens (tertiary/aromatic N) is 3. The molecule has 1 atom stereocenters. The number of fused-ring (bicyclic) bond motifs is 3. The van der Waals surface area contributed by atoms with Gasteiger partial charge in [0, 0.05) is 24.4 Å². The van der Waals surface area contributed by atoms with Gasteiger partial charge >= 0.3 is 0 Å². The van der Waals surface area contributed by atoms with Crippen molar-refractivity contribution in [2.24, 2.45) is 7.05 Å². The fraction of sp³-hybridized carbons (Fsp3) is 0.227. The van der Waals surface area contributed by atoms with E-state index in [1.165, 1.54) is 4.68 Å². The number of carbonyl (C=O) groups excluding carboxylic acids is 1. The first-order chi connectivity index (χ1) is 13.6. The van der Waals surface area contributed by atoms with Crippen LogP contribution in [0.4, 0.5) is 0 Å². The standard InChI is InChI=1S/C22H22N4O2/c1-3-18(21(27)23-13-15-9-5-4-6-10-15)26-19-12-8-7-11-16(19)17-14-24-25(2)22(28)20(17)26/h4-12,14,18H,3,13H2,1-2H3,(H,23,27)/t18-/m1/s1. The first-order valence-electron chi connectivity index (χ1n) is 9.38. The number of nitrogens with one attached hydrogen (secondary N) is 1. The Bertz CT molecular complexity index is 1210. The Labute approximate surface area is 162 Å². The van der Waals surface area contributed by atoms with Crippen LogP contribution in [-0.4, -0.2) is 20.3 Å². The maximum absolute atomic E-state index is 13.1. The largest absolute Gasteiger partial charge is 0.350 e. The van der Waals surface area contributed by atoms with Gasteiger partial charge in [-0.25, -0.2) is 4.68 Å². The van der Waals surface area contributed by atoms with Crippen LogP contribution in [0.3, 0.4) is 0 Å². The number of amides is 1. The van der Waals surface area contributed by atoms with Crippen molar-refractivity contribution in [1.29, 1.82) is 0 Å². The molecule has 0 radical (unpaired) electrons. The van der Waals surface area contributed by atoms with E-state index in [9.17, 15) is 9.59 Å². The molecule has 0 spiro atoms. The van der Waals surface area contributed by atoms with Gasteiger partial charge in [-0.2, -0.15) is 5.10 Å². The van der Waals surface area contributed by atoms with E-state index in [4.69, 9.17) is 0 Å². The van der Waals surface area contributed by atoms with Crippen molar-refractivity contribution in [2.75, 3.05) is 0 Å². The molecule has 1 amide bonds. The molecule has 2 aromatic carbocycles. The van der Waals surface area contributed by atoms with Gasteiger partial charge in [-0.1, -0.05) is 55.5 Å². The maximum atomic E-state index is 13.1. The second-order valence-corrected chi connectivity index (χ2v) is 6.85. The van der Waals surface area contributed by atoms with Crippen molar-refractivity contribution >= 4 is 27.7 Å². The molecule has 4 rings (SSSR count). The normalized spacial score (nSPS) is 12.4. The van der Waals surface area contributed by atoms with Crippen molar-refractivity contribution in [1.82, 2.24) is 19.7 Å². The summed E-state index contributed by atoms with van der Waals surface area (Å²) in [5.41, 5.74) is 2.21. The third kappa shape index (κ3) is 2.97. The molecule has 0 bridgehead atoms. The number of benzene rings is 2. The average Bonchev–Trinajstić information content (AvgIpc) is 3.06. The second kappa shape index (κ2) is 7.31. The summed E-state index contributed by atoms with van der Waals surface area (Å²) in [5, 5.41) is 8.88. The molecule has 2 heterocycles. The summed E-state index contributed by atoms with van der Waals surface area (Å²) in [6, 6.07) is 17.1. The molecular formula is C22H22N4O2. The molecule has 0 saturated carbocycles. The van der Waals surface area contributed by atoms with Gasteiger partial charge in [-0.15, -0.1) is 0 Å². The highest BCUT2D eigenvalue weighted by Crippen LogP contribution is 2.30. The number of aryl methyl sites for hydroxylation is 1. The van der Waals surface area contributed by atoms with E-state index in [2.05, 4.69) is 10.4 Å². The molecule has 0 aliphatic carbocycles. The predicted molar refractivity (Wildman–Crippen MR) is 110 cm³/mol. The number of aromatic nitrogens is 3. The van der Waals surface area contributed by atoms with Gasteiger partial charge < -0.3 is 9.88 Å². The van der Waals surface area contributed by atoms with Crippen LogP contribution in [-0.2, 0) is 18.4 Å². The van der Waals surface area contributed by atoms with E-state index in [1.807, 2.05) is 66.1 Å². The number of hydrogen-bond acceptors (Lipinski definition) is 3. The van der Waals surface area contributed by atoms with Gasteiger partial charge in [0.05, 0.1) is 11.7 Å². The van der Waals surface area contributed by atoms with Crippen molar-refractivity contribution in [3.05, 3.63) is 76.7 Å². The van der Waals surface area contributed by atoms with Crippen LogP contribution in [0.25, 0.3) is 21.8 Å². The lowest BCUT2D eigenvalue weighted by Gasteiger charge is -2.19. The minimum absolute atomic E-state index is 0.104. The summed E-state index contributed by atoms with van der Waals surface area (Å²) in [6.45, 7) is 2.41. The topological polar surface area (TPSA) is 68.9 Å². The molecule has 1 N–H and O–H groups in total. The molecule has 0 saturated heterocycles. The second-order valence-electron chi connectivity index (χ2n) is 6.85. The molecule has 0 aliphatic rings. The quantitative estimate of drug-likeness (QED) is 0.583. The minimum Gasteiger partial charge on any atom is -0.350 e. The zero-order chi connectivity index (χ0) is 19.7. The molecule has 28 heavy (non-hydrogen) atoms. The lowest BCUT2D eigenvalue weighted by molar-refractivity contribution is -0.124. The molecule has 0 unspecified atom stereocenters. The fourth-order valence-corrected chi connectivity index (χ4v) is 3.70. The van der Waals surface area contributed by atoms with E-state index in [1.54, 1.807) is 13.2 Å². The summed E-state index contributed by atoms with van der Waals surface area (Å²) < 4.78 is 3.18. The molecule has 0 aliphatic heterocycles. The number of hydrogen-bond donors (Lipinski definition) is 1. The fourth-order valence-electron chi connectivity index (χ4n) is 3.70. The predicted octanol–water partition coefficient (Wildman–Crippen LogP) is 3.16. The number of carbonyl (C=O) groups is 1. The van der Waals surface area contributed by atoms with Gasteiger partial charge in [0.25, 0.3) is 5.56 Å². The summed E-state index contributed by atoms with van der Waals surface area (Å²) >= 11 is 0. The Hall–Kier alpha value is -3.41. The highest BCUT2D eigenvalue weighted by atomic mass is 16.2. The average molecular weight is 374 g/mol. The van der Waals surface area contributed by atoms with Gasteiger partial charge in [0.2, 0.25) is 5.91 Å².